The molecule has 2 aromatic heterocycles. The molecule has 7 heteroatoms. The van der Waals surface area contributed by atoms with Gasteiger partial charge in [-0.15, -0.1) is 0 Å². The fourth-order valence-electron chi connectivity index (χ4n) is 30.9. The molecule has 35 aromatic rings. The minimum absolute atomic E-state index is 0.855. The summed E-state index contributed by atoms with van der Waals surface area (Å²) in [4.78, 5) is 21.4. The second-order valence-corrected chi connectivity index (χ2v) is 33.2. The highest BCUT2D eigenvalue weighted by atomic mass is 16.6. The minimum Gasteiger partial charge on any atom is -0.354 e. The summed E-state index contributed by atoms with van der Waals surface area (Å²) in [5.41, 5.74) is 4.13. The van der Waals surface area contributed by atoms with Crippen molar-refractivity contribution in [3.8, 4) is 0 Å². The van der Waals surface area contributed by atoms with Crippen molar-refractivity contribution in [2.75, 3.05) is 62.2 Å². The lowest BCUT2D eigenvalue weighted by atomic mass is 9.78. The molecule has 41 rings (SSSR count). The van der Waals surface area contributed by atoms with Gasteiger partial charge < -0.3 is 14.5 Å². The molecule has 0 radical (unpaired) electrons. The summed E-state index contributed by atoms with van der Waals surface area (Å²) in [6, 6.07) is 13.0. The summed E-state index contributed by atoms with van der Waals surface area (Å²) in [6.45, 7) is 6.92. The number of nitrogens with zero attached hydrogens (tertiary/aromatic N) is 6. The summed E-state index contributed by atoms with van der Waals surface area (Å²) < 4.78 is 9.94. The SMILES string of the molecule is c1ccc(N2CCN(C34OC5(N6CCN(c7ccccn7)CC6)c6c7c8c3c3c9c4c4c%10c5c5c6c6c%11c7c7c8c8c3c3c%12c9c9c4c4c%10c%10c5c5c6c6c%11c%11c7c7c8c8c3c3c%12c%12c9c9c4c4c%10c5c5c6c6c%11c%10c7c8c7c3c3c%12c9c8c4c5c4c6c%10c7c3c84)CC2)nc1. The Morgan fingerprint density at radius 1 is 0.200 bits per heavy atom. The van der Waals surface area contributed by atoms with Crippen LogP contribution in [0.15, 0.2) is 48.8 Å². The first-order valence-corrected chi connectivity index (χ1v) is 35.4. The number of pyridine rings is 2. The van der Waals surface area contributed by atoms with E-state index in [1.165, 1.54) is 22.3 Å². The highest BCUT2D eigenvalue weighted by Crippen LogP contribution is 2.83. The largest absolute Gasteiger partial charge is 0.354 e. The molecule has 0 N–H and O–H groups in total. The number of rotatable bonds is 4. The van der Waals surface area contributed by atoms with Gasteiger partial charge in [-0.2, -0.15) is 0 Å². The molecule has 412 valence electrons. The van der Waals surface area contributed by atoms with E-state index in [0.29, 0.717) is 0 Å². The number of ether oxygens (including phenoxy) is 1. The van der Waals surface area contributed by atoms with Gasteiger partial charge in [0.1, 0.15) is 11.6 Å². The lowest BCUT2D eigenvalue weighted by molar-refractivity contribution is -0.251. The van der Waals surface area contributed by atoms with E-state index in [0.717, 1.165) is 64.0 Å². The minimum atomic E-state index is -0.969. The maximum Gasteiger partial charge on any atom is 0.179 e. The molecule has 0 saturated carbocycles. The first-order valence-electron chi connectivity index (χ1n) is 35.4. The quantitative estimate of drug-likeness (QED) is 0.129. The average Bonchev–Trinajstić information content (AvgIpc) is 1.39. The maximum absolute atomic E-state index is 9.94. The third-order valence-corrected chi connectivity index (χ3v) is 32.0. The van der Waals surface area contributed by atoms with Gasteiger partial charge in [0.25, 0.3) is 0 Å². The van der Waals surface area contributed by atoms with Crippen molar-refractivity contribution >= 4 is 356 Å². The van der Waals surface area contributed by atoms with Crippen molar-refractivity contribution in [1.82, 2.24) is 19.8 Å². The van der Waals surface area contributed by atoms with Crippen molar-refractivity contribution in [2.24, 2.45) is 0 Å². The van der Waals surface area contributed by atoms with Gasteiger partial charge in [-0.25, -0.2) is 9.97 Å². The highest BCUT2D eigenvalue weighted by molar-refractivity contribution is 6.83. The Hall–Kier alpha value is -11.1. The number of anilines is 2. The van der Waals surface area contributed by atoms with E-state index in [9.17, 15) is 4.74 Å². The van der Waals surface area contributed by atoms with Crippen LogP contribution in [-0.2, 0) is 16.2 Å². The Kier molecular flexibility index (Phi) is 3.83. The van der Waals surface area contributed by atoms with E-state index in [-0.39, 0.29) is 0 Å². The number of aromatic nitrogens is 2. The molecule has 0 unspecified atom stereocenters. The second-order valence-electron chi connectivity index (χ2n) is 33.2. The molecule has 6 aliphatic rings. The van der Waals surface area contributed by atoms with Crippen LogP contribution in [0.1, 0.15) is 22.3 Å². The maximum atomic E-state index is 9.94. The summed E-state index contributed by atoms with van der Waals surface area (Å²) in [7, 11) is 0. The molecule has 7 nitrogen and oxygen atoms in total. The summed E-state index contributed by atoms with van der Waals surface area (Å²) >= 11 is 0. The Bertz CT molecular complexity index is 9250. The molecule has 0 atom stereocenters. The molecule has 4 aliphatic heterocycles. The fraction of sp³-hybridized carbons (Fsp3) is 0.114. The zero-order valence-corrected chi connectivity index (χ0v) is 49.4. The van der Waals surface area contributed by atoms with E-state index >= 15 is 0 Å². The molecule has 2 fully saturated rings. The third kappa shape index (κ3) is 2.41. The van der Waals surface area contributed by atoms with Crippen molar-refractivity contribution in [3.05, 3.63) is 71.0 Å². The molecule has 2 bridgehead atoms. The van der Waals surface area contributed by atoms with Crippen LogP contribution in [0.2, 0.25) is 0 Å². The van der Waals surface area contributed by atoms with Gasteiger partial charge in [0.2, 0.25) is 0 Å². The van der Waals surface area contributed by atoms with E-state index in [4.69, 9.17) is 9.97 Å². The average molecular weight is 1180 g/mol. The summed E-state index contributed by atoms with van der Waals surface area (Å²) in [6.07, 6.45) is 4.00. The van der Waals surface area contributed by atoms with Gasteiger partial charge in [0.05, 0.1) is 0 Å². The predicted molar refractivity (Wildman–Crippen MR) is 394 cm³/mol. The predicted octanol–water partition coefficient (Wildman–Crippen LogP) is 20.5. The van der Waals surface area contributed by atoms with Crippen LogP contribution >= 0.6 is 0 Å². The number of benzene rings is 23. The van der Waals surface area contributed by atoms with Gasteiger partial charge in [-0.05, 0) is 369 Å². The Morgan fingerprint density at radius 3 is 0.505 bits per heavy atom. The van der Waals surface area contributed by atoms with Crippen molar-refractivity contribution in [1.29, 1.82) is 0 Å². The van der Waals surface area contributed by atoms with Crippen molar-refractivity contribution in [2.45, 2.75) is 11.4 Å². The zero-order chi connectivity index (χ0) is 57.2. The van der Waals surface area contributed by atoms with Gasteiger partial charge in [-0.1, -0.05) is 12.1 Å². The number of hydrogen-bond donors (Lipinski definition) is 0. The molecule has 6 heterocycles. The Balaban J connectivity index is 0.922. The first kappa shape index (κ1) is 38.2. The summed E-state index contributed by atoms with van der Waals surface area (Å²) in [5, 5.41) is 103. The Morgan fingerprint density at radius 2 is 0.358 bits per heavy atom. The molecule has 0 spiro atoms. The zero-order valence-electron chi connectivity index (χ0n) is 49.4. The van der Waals surface area contributed by atoms with Gasteiger partial charge in [0.15, 0.2) is 11.4 Å². The highest BCUT2D eigenvalue weighted by Gasteiger charge is 2.67. The van der Waals surface area contributed by atoms with Crippen molar-refractivity contribution < 1.29 is 4.74 Å². The van der Waals surface area contributed by atoms with Crippen molar-refractivity contribution in [3.63, 3.8) is 0 Å². The third-order valence-electron chi connectivity index (χ3n) is 32.0. The number of piperazine rings is 2. The summed E-state index contributed by atoms with van der Waals surface area (Å²) in [5.74, 6) is 2.17. The normalized spacial score (nSPS) is 22.3. The first-order chi connectivity index (χ1) is 47.3. The number of hydrogen-bond acceptors (Lipinski definition) is 7. The topological polar surface area (TPSA) is 48.0 Å². The van der Waals surface area contributed by atoms with Crippen LogP contribution in [0.3, 0.4) is 0 Å². The van der Waals surface area contributed by atoms with Crippen LogP contribution in [0.25, 0.3) is 345 Å². The van der Waals surface area contributed by atoms with Crippen LogP contribution in [0.4, 0.5) is 11.6 Å². The second kappa shape index (κ2) is 9.51. The lowest BCUT2D eigenvalue weighted by Crippen LogP contribution is -2.63. The fourth-order valence-corrected chi connectivity index (χ4v) is 30.9. The molecule has 95 heavy (non-hydrogen) atoms. The monoisotopic (exact) mass is 1180 g/mol. The van der Waals surface area contributed by atoms with E-state index < -0.39 is 11.4 Å². The molecular formula is C88H24N6O. The van der Waals surface area contributed by atoms with Gasteiger partial charge in [0, 0.05) is 87.0 Å². The van der Waals surface area contributed by atoms with E-state index in [1.54, 1.807) is 345 Å². The van der Waals surface area contributed by atoms with Crippen LogP contribution in [-0.4, -0.2) is 72.1 Å². The van der Waals surface area contributed by atoms with Crippen LogP contribution in [0, 0.1) is 0 Å². The molecule has 2 aliphatic carbocycles. The van der Waals surface area contributed by atoms with Crippen LogP contribution < -0.4 is 9.80 Å². The molecule has 33 aromatic carbocycles. The molecular weight excluding hydrogens is 1160 g/mol. The smallest absolute Gasteiger partial charge is 0.179 e. The Labute approximate surface area is 522 Å². The standard InChI is InChI=1S/C88H24N6O/c1-3-7-89-17(5-1)91-9-13-93(14-10-91)87-83-75-67-57-47-40-31-25-19-20-22-24-23-21(19)27-34-29(23)38-39-30(24)35-28(22)37-33(26(20)31)42-48(40)58(57)68-62-52(42)44(37)54-46(35)56-50(39)60-59-49(38)55-45(34)53-43-36(27)32(25)41(47)51(43)61(67)71-65(53)73-63(55)69(59)77-78-70(60)64(56)74-66(54)72(62)80(84(87)76(68)75)82(74)86(78)88(95-87,85(77)81(73)79(71)83)94-15-11-92(12-16-94)18-6-2-4-8-90-18/h1-8H,9-16H2. The molecule has 0 amide bonds. The van der Waals surface area contributed by atoms with Gasteiger partial charge >= 0.3 is 0 Å². The van der Waals surface area contributed by atoms with Crippen LogP contribution in [0.5, 0.6) is 0 Å². The molecule has 2 saturated heterocycles. The van der Waals surface area contributed by atoms with E-state index in [1.807, 2.05) is 12.4 Å². The lowest BCUT2D eigenvalue weighted by Gasteiger charge is -2.53. The van der Waals surface area contributed by atoms with E-state index in [2.05, 4.69) is 56.0 Å². The van der Waals surface area contributed by atoms with Gasteiger partial charge in [-0.3, -0.25) is 9.80 Å².